The molecule has 1 rings (SSSR count). The first kappa shape index (κ1) is 15.0. The number of rotatable bonds is 4. The average molecular weight is 307 g/mol. The number of nitrogens with one attached hydrogen (secondary N) is 2. The highest BCUT2D eigenvalue weighted by molar-refractivity contribution is 7.93. The molecule has 4 nitrogen and oxygen atoms in total. The van der Waals surface area contributed by atoms with Crippen molar-refractivity contribution in [2.45, 2.75) is 13.3 Å². The Hall–Kier alpha value is -1.04. The molecule has 0 amide bonds. The highest BCUT2D eigenvalue weighted by Crippen LogP contribution is 2.25. The second kappa shape index (κ2) is 6.22. The monoisotopic (exact) mass is 306 g/mol. The second-order valence-corrected chi connectivity index (χ2v) is 5.80. The minimum Gasteiger partial charge on any atom is -0.288 e. The summed E-state index contributed by atoms with van der Waals surface area (Å²) >= 11 is 11.8. The number of sulfonamides is 1. The van der Waals surface area contributed by atoms with Gasteiger partial charge in [0.15, 0.2) is 0 Å². The van der Waals surface area contributed by atoms with Gasteiger partial charge in [-0.3, -0.25) is 10.1 Å². The van der Waals surface area contributed by atoms with Crippen LogP contribution in [0, 0.1) is 5.41 Å². The molecule has 1 aromatic carbocycles. The molecule has 0 aliphatic rings. The topological polar surface area (TPSA) is 70.0 Å². The van der Waals surface area contributed by atoms with Crippen molar-refractivity contribution in [2.24, 2.45) is 0 Å². The molecule has 7 heteroatoms. The fourth-order valence-electron chi connectivity index (χ4n) is 1.11. The van der Waals surface area contributed by atoms with E-state index in [1.807, 2.05) is 0 Å². The number of hydrogen-bond donors (Lipinski definition) is 2. The van der Waals surface area contributed by atoms with E-state index in [4.69, 9.17) is 28.6 Å². The van der Waals surface area contributed by atoms with Crippen LogP contribution in [-0.2, 0) is 10.0 Å². The molecule has 1 aromatic rings. The van der Waals surface area contributed by atoms with Crippen molar-refractivity contribution in [1.29, 1.82) is 5.41 Å². The van der Waals surface area contributed by atoms with Gasteiger partial charge in [0.05, 0.1) is 5.41 Å². The van der Waals surface area contributed by atoms with Gasteiger partial charge in [0.25, 0.3) is 10.0 Å². The van der Waals surface area contributed by atoms with Crippen LogP contribution < -0.4 is 4.72 Å². The van der Waals surface area contributed by atoms with Crippen LogP contribution in [0.15, 0.2) is 23.6 Å². The summed E-state index contributed by atoms with van der Waals surface area (Å²) < 4.78 is 25.2. The molecule has 0 saturated carbocycles. The van der Waals surface area contributed by atoms with Gasteiger partial charge in [-0.2, -0.15) is 0 Å². The van der Waals surface area contributed by atoms with Crippen LogP contribution in [0.3, 0.4) is 0 Å². The molecule has 0 aliphatic heterocycles. The standard InChI is InChI=1S/C11H12Cl2N2O2S/c1-2-11(14)15-18(16,17)7-6-8-9(12)4-3-5-10(8)13/h3-7H,2H2,1H3,(H2,14,15). The van der Waals surface area contributed by atoms with Gasteiger partial charge in [-0.25, -0.2) is 8.42 Å². The van der Waals surface area contributed by atoms with Crippen LogP contribution in [0.5, 0.6) is 0 Å². The SMILES string of the molecule is CCC(=N)NS(=O)(=O)C=Cc1c(Cl)cccc1Cl. The van der Waals surface area contributed by atoms with Gasteiger partial charge in [-0.1, -0.05) is 36.2 Å². The molecule has 0 bridgehead atoms. The van der Waals surface area contributed by atoms with E-state index in [0.29, 0.717) is 22.0 Å². The Morgan fingerprint density at radius 2 is 1.94 bits per heavy atom. The quantitative estimate of drug-likeness (QED) is 0.662. The molecule has 0 fully saturated rings. The Morgan fingerprint density at radius 1 is 1.39 bits per heavy atom. The highest BCUT2D eigenvalue weighted by Gasteiger charge is 2.08. The van der Waals surface area contributed by atoms with Crippen LogP contribution in [0.1, 0.15) is 18.9 Å². The summed E-state index contributed by atoms with van der Waals surface area (Å²) in [7, 11) is -3.70. The summed E-state index contributed by atoms with van der Waals surface area (Å²) in [6.45, 7) is 1.68. The van der Waals surface area contributed by atoms with E-state index in [0.717, 1.165) is 5.41 Å². The van der Waals surface area contributed by atoms with E-state index in [9.17, 15) is 8.42 Å². The van der Waals surface area contributed by atoms with Crippen molar-refractivity contribution in [3.63, 3.8) is 0 Å². The van der Waals surface area contributed by atoms with E-state index < -0.39 is 10.0 Å². The number of benzene rings is 1. The highest BCUT2D eigenvalue weighted by atomic mass is 35.5. The zero-order valence-electron chi connectivity index (χ0n) is 9.57. The van der Waals surface area contributed by atoms with E-state index >= 15 is 0 Å². The normalized spacial score (nSPS) is 11.7. The third kappa shape index (κ3) is 4.33. The summed E-state index contributed by atoms with van der Waals surface area (Å²) in [5, 5.41) is 8.94. The second-order valence-electron chi connectivity index (χ2n) is 3.42. The van der Waals surface area contributed by atoms with Gasteiger partial charge >= 0.3 is 0 Å². The molecular formula is C11H12Cl2N2O2S. The van der Waals surface area contributed by atoms with E-state index in [1.165, 1.54) is 6.08 Å². The smallest absolute Gasteiger partial charge is 0.255 e. The van der Waals surface area contributed by atoms with Crippen LogP contribution in [0.25, 0.3) is 6.08 Å². The first-order chi connectivity index (χ1) is 8.35. The van der Waals surface area contributed by atoms with E-state index in [-0.39, 0.29) is 5.84 Å². The van der Waals surface area contributed by atoms with Crippen molar-refractivity contribution in [3.05, 3.63) is 39.2 Å². The molecule has 0 radical (unpaired) electrons. The summed E-state index contributed by atoms with van der Waals surface area (Å²) in [6.07, 6.45) is 1.61. The Labute approximate surface area is 116 Å². The first-order valence-electron chi connectivity index (χ1n) is 5.08. The van der Waals surface area contributed by atoms with Crippen molar-refractivity contribution in [1.82, 2.24) is 4.72 Å². The van der Waals surface area contributed by atoms with Crippen LogP contribution in [-0.4, -0.2) is 14.3 Å². The largest absolute Gasteiger partial charge is 0.288 e. The molecule has 18 heavy (non-hydrogen) atoms. The molecule has 0 unspecified atom stereocenters. The molecule has 98 valence electrons. The number of halogens is 2. The summed E-state index contributed by atoms with van der Waals surface area (Å²) in [4.78, 5) is 0. The summed E-state index contributed by atoms with van der Waals surface area (Å²) in [5.41, 5.74) is 0.425. The zero-order chi connectivity index (χ0) is 13.8. The maximum atomic E-state index is 11.6. The fourth-order valence-corrected chi connectivity index (χ4v) is 2.50. The van der Waals surface area contributed by atoms with Gasteiger partial charge in [0.1, 0.15) is 5.84 Å². The Balaban J connectivity index is 2.97. The van der Waals surface area contributed by atoms with Gasteiger partial charge in [-0.15, -0.1) is 0 Å². The number of hydrogen-bond acceptors (Lipinski definition) is 3. The molecule has 0 aromatic heterocycles. The lowest BCUT2D eigenvalue weighted by atomic mass is 10.2. The van der Waals surface area contributed by atoms with Crippen molar-refractivity contribution in [3.8, 4) is 0 Å². The molecule has 2 N–H and O–H groups in total. The van der Waals surface area contributed by atoms with Crippen molar-refractivity contribution in [2.75, 3.05) is 0 Å². The lowest BCUT2D eigenvalue weighted by molar-refractivity contribution is 0.601. The lowest BCUT2D eigenvalue weighted by Gasteiger charge is -2.04. The van der Waals surface area contributed by atoms with Gasteiger partial charge in [0, 0.05) is 22.0 Å². The van der Waals surface area contributed by atoms with Gasteiger partial charge in [0.2, 0.25) is 0 Å². The van der Waals surface area contributed by atoms with Gasteiger partial charge in [-0.05, 0) is 18.2 Å². The van der Waals surface area contributed by atoms with Crippen LogP contribution in [0.4, 0.5) is 0 Å². The Morgan fingerprint density at radius 3 is 2.44 bits per heavy atom. The molecular weight excluding hydrogens is 295 g/mol. The number of amidine groups is 1. The predicted octanol–water partition coefficient (Wildman–Crippen LogP) is 3.27. The fraction of sp³-hybridized carbons (Fsp3) is 0.182. The molecule has 0 spiro atoms. The predicted molar refractivity (Wildman–Crippen MR) is 75.6 cm³/mol. The first-order valence-corrected chi connectivity index (χ1v) is 7.38. The Bertz CT molecular complexity index is 562. The van der Waals surface area contributed by atoms with E-state index in [2.05, 4.69) is 4.72 Å². The van der Waals surface area contributed by atoms with Crippen LogP contribution >= 0.6 is 23.2 Å². The van der Waals surface area contributed by atoms with Crippen LogP contribution in [0.2, 0.25) is 10.0 Å². The summed E-state index contributed by atoms with van der Waals surface area (Å²) in [5.74, 6) is -0.0788. The third-order valence-electron chi connectivity index (χ3n) is 2.03. The van der Waals surface area contributed by atoms with Gasteiger partial charge < -0.3 is 0 Å². The summed E-state index contributed by atoms with van der Waals surface area (Å²) in [6, 6.07) is 4.89. The molecule has 0 atom stereocenters. The molecule has 0 saturated heterocycles. The Kier molecular flexibility index (Phi) is 5.19. The zero-order valence-corrected chi connectivity index (χ0v) is 11.9. The maximum absolute atomic E-state index is 11.6. The molecule has 0 heterocycles. The average Bonchev–Trinajstić information content (AvgIpc) is 2.27. The minimum absolute atomic E-state index is 0.0788. The third-order valence-corrected chi connectivity index (χ3v) is 3.72. The van der Waals surface area contributed by atoms with Crippen molar-refractivity contribution >= 4 is 45.1 Å². The lowest BCUT2D eigenvalue weighted by Crippen LogP contribution is -2.27. The minimum atomic E-state index is -3.70. The van der Waals surface area contributed by atoms with Crippen molar-refractivity contribution < 1.29 is 8.42 Å². The maximum Gasteiger partial charge on any atom is 0.255 e. The van der Waals surface area contributed by atoms with E-state index in [1.54, 1.807) is 25.1 Å². The molecule has 0 aliphatic carbocycles.